The van der Waals surface area contributed by atoms with Crippen molar-refractivity contribution in [1.29, 1.82) is 0 Å². The Morgan fingerprint density at radius 3 is 2.49 bits per heavy atom. The van der Waals surface area contributed by atoms with E-state index in [9.17, 15) is 24.6 Å². The Labute approximate surface area is 212 Å². The number of aliphatic carboxylic acids is 2. The molecule has 0 aliphatic carbocycles. The highest BCUT2D eigenvalue weighted by Crippen LogP contribution is 2.42. The third-order valence-electron chi connectivity index (χ3n) is 6.00. The molecule has 0 radical (unpaired) electrons. The van der Waals surface area contributed by atoms with Crippen LogP contribution in [0.3, 0.4) is 0 Å². The fourth-order valence-electron chi connectivity index (χ4n) is 4.16. The lowest BCUT2D eigenvalue weighted by Crippen LogP contribution is -2.52. The Morgan fingerprint density at radius 2 is 1.89 bits per heavy atom. The number of carboxylic acid groups (broad SMARTS) is 3. The number of carbonyl (C=O) groups is 3. The van der Waals surface area contributed by atoms with E-state index in [1.165, 1.54) is 42.1 Å². The van der Waals surface area contributed by atoms with E-state index < -0.39 is 54.5 Å². The summed E-state index contributed by atoms with van der Waals surface area (Å²) in [5.41, 5.74) is 1.47. The molecule has 1 aromatic carbocycles. The van der Waals surface area contributed by atoms with Gasteiger partial charge in [-0.15, -0.1) is 0 Å². The largest absolute Gasteiger partial charge is 0.479 e. The number of nitrogens with zero attached hydrogens (tertiary/aromatic N) is 4. The predicted octanol–water partition coefficient (Wildman–Crippen LogP) is 1.94. The molecule has 3 atom stereocenters. The number of nitrogens with two attached hydrogens (primary N) is 1. The van der Waals surface area contributed by atoms with Crippen molar-refractivity contribution < 1.29 is 43.6 Å². The zero-order valence-electron chi connectivity index (χ0n) is 19.2. The van der Waals surface area contributed by atoms with Crippen LogP contribution in [0.2, 0.25) is 5.28 Å². The highest BCUT2D eigenvalue weighted by Gasteiger charge is 2.52. The average Bonchev–Trinajstić information content (AvgIpc) is 3.36. The molecule has 37 heavy (non-hydrogen) atoms. The number of fused-ring (bicyclic) bond motifs is 1. The van der Waals surface area contributed by atoms with E-state index in [0.29, 0.717) is 0 Å². The highest BCUT2D eigenvalue weighted by atomic mass is 35.5. The van der Waals surface area contributed by atoms with Gasteiger partial charge in [-0.2, -0.15) is 9.97 Å². The first-order valence-electron chi connectivity index (χ1n) is 10.8. The predicted molar refractivity (Wildman–Crippen MR) is 124 cm³/mol. The minimum absolute atomic E-state index is 0.0173. The van der Waals surface area contributed by atoms with E-state index in [1.807, 2.05) is 0 Å². The van der Waals surface area contributed by atoms with Crippen LogP contribution in [-0.4, -0.2) is 76.7 Å². The van der Waals surface area contributed by atoms with Crippen molar-refractivity contribution >= 4 is 46.5 Å². The van der Waals surface area contributed by atoms with Gasteiger partial charge >= 0.3 is 17.9 Å². The van der Waals surface area contributed by atoms with E-state index in [4.69, 9.17) is 31.9 Å². The first kappa shape index (κ1) is 26.2. The summed E-state index contributed by atoms with van der Waals surface area (Å²) < 4.78 is 28.0. The number of carboxylic acids is 3. The van der Waals surface area contributed by atoms with Crippen molar-refractivity contribution in [2.45, 2.75) is 43.4 Å². The van der Waals surface area contributed by atoms with Gasteiger partial charge < -0.3 is 30.5 Å². The molecule has 1 saturated heterocycles. The number of alkyl halides is 1. The monoisotopic (exact) mass is 537 g/mol. The first-order valence-corrected chi connectivity index (χ1v) is 11.1. The van der Waals surface area contributed by atoms with Crippen LogP contribution in [0.5, 0.6) is 0 Å². The van der Waals surface area contributed by atoms with E-state index in [2.05, 4.69) is 15.0 Å². The summed E-state index contributed by atoms with van der Waals surface area (Å²) in [5.74, 6) is -4.80. The minimum atomic E-state index is -2.74. The lowest BCUT2D eigenvalue weighted by molar-refractivity contribution is -0.188. The molecule has 0 saturated carbocycles. The lowest BCUT2D eigenvalue weighted by atomic mass is 9.93. The smallest absolute Gasteiger partial charge is 0.348 e. The molecule has 1 fully saturated rings. The number of ether oxygens (including phenoxy) is 2. The van der Waals surface area contributed by atoms with Gasteiger partial charge in [0.15, 0.2) is 23.4 Å². The Hall–Kier alpha value is -3.88. The Balaban J connectivity index is 1.56. The fraction of sp³-hybridized carbons (Fsp3) is 0.364. The minimum Gasteiger partial charge on any atom is -0.479 e. The van der Waals surface area contributed by atoms with Crippen molar-refractivity contribution in [2.75, 3.05) is 12.3 Å². The number of anilines is 1. The summed E-state index contributed by atoms with van der Waals surface area (Å²) in [5, 5.41) is 28.4. The van der Waals surface area contributed by atoms with Gasteiger partial charge in [0.05, 0.1) is 24.6 Å². The number of hydrogen-bond donors (Lipinski definition) is 4. The summed E-state index contributed by atoms with van der Waals surface area (Å²) in [6.07, 6.45) is -1.98. The second-order valence-electron chi connectivity index (χ2n) is 8.72. The van der Waals surface area contributed by atoms with Crippen molar-refractivity contribution in [3.63, 3.8) is 0 Å². The van der Waals surface area contributed by atoms with E-state index in [1.54, 1.807) is 0 Å². The van der Waals surface area contributed by atoms with Crippen molar-refractivity contribution in [2.24, 2.45) is 0 Å². The molecule has 5 N–H and O–H groups in total. The van der Waals surface area contributed by atoms with E-state index >= 15 is 4.39 Å². The highest BCUT2D eigenvalue weighted by molar-refractivity contribution is 6.28. The van der Waals surface area contributed by atoms with Gasteiger partial charge in [-0.1, -0.05) is 12.1 Å². The maximum atomic E-state index is 15.6. The number of aromatic carboxylic acids is 1. The van der Waals surface area contributed by atoms with Crippen LogP contribution in [0.15, 0.2) is 30.6 Å². The fourth-order valence-corrected chi connectivity index (χ4v) is 4.33. The number of nitrogen functional groups attached to an aromatic ring is 1. The van der Waals surface area contributed by atoms with Crippen LogP contribution in [0.4, 0.5) is 10.2 Å². The van der Waals surface area contributed by atoms with Crippen LogP contribution in [-0.2, 0) is 25.5 Å². The lowest BCUT2D eigenvalue weighted by Gasteiger charge is -2.27. The molecule has 13 nitrogen and oxygen atoms in total. The van der Waals surface area contributed by atoms with Crippen LogP contribution in [0.1, 0.15) is 35.5 Å². The van der Waals surface area contributed by atoms with Crippen LogP contribution < -0.4 is 5.73 Å². The van der Waals surface area contributed by atoms with Gasteiger partial charge in [-0.05, 0) is 36.2 Å². The van der Waals surface area contributed by atoms with Crippen LogP contribution in [0, 0.1) is 0 Å². The van der Waals surface area contributed by atoms with Crippen LogP contribution >= 0.6 is 11.6 Å². The molecule has 2 aromatic heterocycles. The number of hydrogen-bond acceptors (Lipinski definition) is 9. The number of rotatable bonds is 9. The third-order valence-corrected chi connectivity index (χ3v) is 6.17. The zero-order chi connectivity index (χ0) is 27.1. The number of benzene rings is 1. The Kier molecular flexibility index (Phi) is 6.75. The average molecular weight is 538 g/mol. The maximum absolute atomic E-state index is 15.6. The summed E-state index contributed by atoms with van der Waals surface area (Å²) in [4.78, 5) is 47.1. The molecule has 0 unspecified atom stereocenters. The van der Waals surface area contributed by atoms with Gasteiger partial charge in [-0.3, -0.25) is 4.57 Å². The quantitative estimate of drug-likeness (QED) is 0.228. The SMILES string of the molecule is C[C@@]1(F)C[C@@H](COC(Cc2ccc(C(=O)O)cc2)(C(=O)O)C(=O)O)O[C@H]1n1cnc2c(N)nc(Cl)nc21. The van der Waals surface area contributed by atoms with Crippen molar-refractivity contribution in [3.05, 3.63) is 47.0 Å². The second-order valence-corrected chi connectivity index (χ2v) is 9.06. The molecular weight excluding hydrogens is 517 g/mol. The number of aromatic nitrogens is 4. The van der Waals surface area contributed by atoms with Crippen LogP contribution in [0.25, 0.3) is 11.2 Å². The summed E-state index contributed by atoms with van der Waals surface area (Å²) in [7, 11) is 0. The summed E-state index contributed by atoms with van der Waals surface area (Å²) in [6, 6.07) is 5.00. The molecule has 3 heterocycles. The van der Waals surface area contributed by atoms with E-state index in [0.717, 1.165) is 0 Å². The molecule has 15 heteroatoms. The molecule has 0 spiro atoms. The first-order chi connectivity index (χ1) is 17.3. The van der Waals surface area contributed by atoms with Crippen molar-refractivity contribution in [3.8, 4) is 0 Å². The topological polar surface area (TPSA) is 200 Å². The molecule has 1 aliphatic rings. The number of halogens is 2. The zero-order valence-corrected chi connectivity index (χ0v) is 19.9. The Morgan fingerprint density at radius 1 is 1.24 bits per heavy atom. The molecule has 3 aromatic rings. The van der Waals surface area contributed by atoms with Gasteiger partial charge in [0.25, 0.3) is 5.60 Å². The van der Waals surface area contributed by atoms with E-state index in [-0.39, 0.29) is 39.8 Å². The molecule has 0 amide bonds. The standard InChI is InChI=1S/C22H21ClFN5O8/c1-21(24)7-12(37-17(21)29-9-26-13-14(25)27-20(23)28-15(13)29)8-36-22(18(32)33,19(34)35)6-10-2-4-11(5-3-10)16(30)31/h2-5,9,12,17H,6-8H2,1H3,(H,30,31)(H,32,33)(H,34,35)(H2,25,27,28)/t12-,17+,21+/m0/s1. The number of imidazole rings is 1. The summed E-state index contributed by atoms with van der Waals surface area (Å²) >= 11 is 5.87. The van der Waals surface area contributed by atoms with Gasteiger partial charge in [0.1, 0.15) is 5.52 Å². The maximum Gasteiger partial charge on any atom is 0.348 e. The molecular formula is C22H21ClFN5O8. The molecule has 1 aliphatic heterocycles. The Bertz CT molecular complexity index is 1370. The second kappa shape index (κ2) is 9.53. The molecule has 0 bridgehead atoms. The van der Waals surface area contributed by atoms with Gasteiger partial charge in [0.2, 0.25) is 5.28 Å². The van der Waals surface area contributed by atoms with Crippen molar-refractivity contribution in [1.82, 2.24) is 19.5 Å². The summed E-state index contributed by atoms with van der Waals surface area (Å²) in [6.45, 7) is 0.674. The molecule has 196 valence electrons. The molecule has 4 rings (SSSR count). The van der Waals surface area contributed by atoms with Gasteiger partial charge in [-0.25, -0.2) is 23.8 Å². The normalized spacial score (nSPS) is 21.8. The third kappa shape index (κ3) is 4.90. The van der Waals surface area contributed by atoms with Gasteiger partial charge in [0, 0.05) is 12.8 Å².